The number of nitrogens with one attached hydrogen (secondary N) is 1. The molecule has 4 rings (SSSR count). The molecule has 0 saturated carbocycles. The molecule has 0 radical (unpaired) electrons. The van der Waals surface area contributed by atoms with Gasteiger partial charge in [0.1, 0.15) is 6.61 Å². The lowest BCUT2D eigenvalue weighted by molar-refractivity contribution is -0.146. The molecule has 1 aromatic rings. The first-order valence-corrected chi connectivity index (χ1v) is 9.54. The quantitative estimate of drug-likeness (QED) is 0.709. The molecule has 1 unspecified atom stereocenters. The average molecular weight is 388 g/mol. The van der Waals surface area contributed by atoms with Crippen LogP contribution in [0.15, 0.2) is 24.3 Å². The Labute approximate surface area is 163 Å². The van der Waals surface area contributed by atoms with Gasteiger partial charge in [0.2, 0.25) is 17.9 Å². The molecule has 1 atom stereocenters. The highest BCUT2D eigenvalue weighted by molar-refractivity contribution is 5.83. The number of nitrogens with zero attached hydrogens (tertiary/aromatic N) is 3. The Balaban J connectivity index is 1.26. The molecule has 150 valence electrons. The number of hydrogen-bond acceptors (Lipinski definition) is 6. The highest BCUT2D eigenvalue weighted by Gasteiger charge is 2.33. The Morgan fingerprint density at radius 1 is 1.04 bits per heavy atom. The molecular weight excluding hydrogens is 364 g/mol. The van der Waals surface area contributed by atoms with Crippen LogP contribution in [0.25, 0.3) is 0 Å². The fourth-order valence-corrected chi connectivity index (χ4v) is 3.64. The summed E-state index contributed by atoms with van der Waals surface area (Å²) in [5.74, 6) is 1.05. The topological polar surface area (TPSA) is 91.4 Å². The van der Waals surface area contributed by atoms with Crippen molar-refractivity contribution in [2.75, 3.05) is 59.0 Å². The SMILES string of the molecule is O=C1CN(CC(=O)N2CCN(C(=O)C3COc4ccccc4O3)CC2)CCN1. The summed E-state index contributed by atoms with van der Waals surface area (Å²) >= 11 is 0. The summed E-state index contributed by atoms with van der Waals surface area (Å²) in [5, 5.41) is 2.75. The maximum atomic E-state index is 12.8. The Bertz CT molecular complexity index is 762. The van der Waals surface area contributed by atoms with Crippen LogP contribution in [0.5, 0.6) is 11.5 Å². The molecular formula is C19H24N4O5. The minimum absolute atomic E-state index is 0.00650. The molecule has 3 aliphatic rings. The first kappa shape index (κ1) is 18.5. The van der Waals surface area contributed by atoms with Crippen LogP contribution in [-0.2, 0) is 14.4 Å². The van der Waals surface area contributed by atoms with Crippen LogP contribution in [0.2, 0.25) is 0 Å². The number of carbonyl (C=O) groups excluding carboxylic acids is 3. The third-order valence-corrected chi connectivity index (χ3v) is 5.20. The first-order valence-electron chi connectivity index (χ1n) is 9.54. The monoisotopic (exact) mass is 388 g/mol. The molecule has 0 aliphatic carbocycles. The Hall–Kier alpha value is -2.81. The highest BCUT2D eigenvalue weighted by atomic mass is 16.6. The second-order valence-corrected chi connectivity index (χ2v) is 7.13. The molecule has 28 heavy (non-hydrogen) atoms. The molecule has 9 heteroatoms. The van der Waals surface area contributed by atoms with Crippen molar-refractivity contribution in [3.05, 3.63) is 24.3 Å². The molecule has 3 heterocycles. The molecule has 3 amide bonds. The number of carbonyl (C=O) groups is 3. The Morgan fingerprint density at radius 2 is 1.75 bits per heavy atom. The fourth-order valence-electron chi connectivity index (χ4n) is 3.64. The van der Waals surface area contributed by atoms with E-state index in [0.29, 0.717) is 50.8 Å². The maximum Gasteiger partial charge on any atom is 0.267 e. The highest BCUT2D eigenvalue weighted by Crippen LogP contribution is 2.31. The van der Waals surface area contributed by atoms with E-state index in [1.807, 2.05) is 23.1 Å². The predicted molar refractivity (Wildman–Crippen MR) is 99.0 cm³/mol. The van der Waals surface area contributed by atoms with Crippen LogP contribution in [0.3, 0.4) is 0 Å². The fraction of sp³-hybridized carbons (Fsp3) is 0.526. The van der Waals surface area contributed by atoms with E-state index in [-0.39, 0.29) is 37.4 Å². The van der Waals surface area contributed by atoms with Crippen LogP contribution >= 0.6 is 0 Å². The van der Waals surface area contributed by atoms with Crippen LogP contribution in [0.4, 0.5) is 0 Å². The molecule has 2 fully saturated rings. The van der Waals surface area contributed by atoms with E-state index < -0.39 is 6.10 Å². The van der Waals surface area contributed by atoms with Gasteiger partial charge in [-0.05, 0) is 12.1 Å². The van der Waals surface area contributed by atoms with Gasteiger partial charge in [0.15, 0.2) is 11.5 Å². The van der Waals surface area contributed by atoms with Crippen molar-refractivity contribution in [2.24, 2.45) is 0 Å². The second kappa shape index (κ2) is 8.05. The largest absolute Gasteiger partial charge is 0.485 e. The van der Waals surface area contributed by atoms with Crippen molar-refractivity contribution in [3.8, 4) is 11.5 Å². The molecule has 1 aromatic carbocycles. The number of hydrogen-bond donors (Lipinski definition) is 1. The summed E-state index contributed by atoms with van der Waals surface area (Å²) in [6.45, 7) is 3.81. The van der Waals surface area contributed by atoms with Crippen molar-refractivity contribution in [1.82, 2.24) is 20.0 Å². The number of para-hydroxylation sites is 2. The lowest BCUT2D eigenvalue weighted by Gasteiger charge is -2.38. The summed E-state index contributed by atoms with van der Waals surface area (Å²) in [7, 11) is 0. The minimum Gasteiger partial charge on any atom is -0.485 e. The van der Waals surface area contributed by atoms with E-state index in [2.05, 4.69) is 5.32 Å². The van der Waals surface area contributed by atoms with Gasteiger partial charge in [0.25, 0.3) is 5.91 Å². The maximum absolute atomic E-state index is 12.8. The van der Waals surface area contributed by atoms with Gasteiger partial charge in [-0.2, -0.15) is 0 Å². The number of piperazine rings is 2. The standard InChI is InChI=1S/C19H24N4O5/c24-17-11-21(6-5-20-17)12-18(25)22-7-9-23(10-8-22)19(26)16-13-27-14-3-1-2-4-15(14)28-16/h1-4,16H,5-13H2,(H,20,24). The summed E-state index contributed by atoms with van der Waals surface area (Å²) in [6, 6.07) is 7.29. The number of rotatable bonds is 3. The molecule has 1 N–H and O–H groups in total. The lowest BCUT2D eigenvalue weighted by atomic mass is 10.2. The predicted octanol–water partition coefficient (Wildman–Crippen LogP) is -1.07. The Kier molecular flexibility index (Phi) is 5.34. The number of amides is 3. The normalized spacial score (nSPS) is 22.6. The summed E-state index contributed by atoms with van der Waals surface area (Å²) in [5.41, 5.74) is 0. The second-order valence-electron chi connectivity index (χ2n) is 7.13. The van der Waals surface area contributed by atoms with Gasteiger partial charge in [-0.15, -0.1) is 0 Å². The van der Waals surface area contributed by atoms with Crippen molar-refractivity contribution in [3.63, 3.8) is 0 Å². The summed E-state index contributed by atoms with van der Waals surface area (Å²) < 4.78 is 11.4. The van der Waals surface area contributed by atoms with Crippen molar-refractivity contribution in [2.45, 2.75) is 6.10 Å². The third-order valence-electron chi connectivity index (χ3n) is 5.20. The first-order chi connectivity index (χ1) is 13.6. The zero-order valence-electron chi connectivity index (χ0n) is 15.6. The third kappa shape index (κ3) is 4.04. The average Bonchev–Trinajstić information content (AvgIpc) is 2.73. The van der Waals surface area contributed by atoms with Gasteiger partial charge >= 0.3 is 0 Å². The summed E-state index contributed by atoms with van der Waals surface area (Å²) in [6.07, 6.45) is -0.663. The van der Waals surface area contributed by atoms with E-state index in [4.69, 9.17) is 9.47 Å². The van der Waals surface area contributed by atoms with E-state index in [0.717, 1.165) is 0 Å². The summed E-state index contributed by atoms with van der Waals surface area (Å²) in [4.78, 5) is 42.0. The van der Waals surface area contributed by atoms with Gasteiger partial charge in [-0.1, -0.05) is 12.1 Å². The van der Waals surface area contributed by atoms with Crippen molar-refractivity contribution < 1.29 is 23.9 Å². The lowest BCUT2D eigenvalue weighted by Crippen LogP contribution is -2.57. The van der Waals surface area contributed by atoms with Gasteiger partial charge in [0, 0.05) is 39.3 Å². The number of fused-ring (bicyclic) bond motifs is 1. The molecule has 2 saturated heterocycles. The van der Waals surface area contributed by atoms with Gasteiger partial charge in [-0.25, -0.2) is 0 Å². The zero-order valence-corrected chi connectivity index (χ0v) is 15.6. The van der Waals surface area contributed by atoms with Gasteiger partial charge < -0.3 is 24.6 Å². The molecule has 0 bridgehead atoms. The van der Waals surface area contributed by atoms with E-state index in [1.54, 1.807) is 15.9 Å². The number of ether oxygens (including phenoxy) is 2. The molecule has 3 aliphatic heterocycles. The van der Waals surface area contributed by atoms with Crippen molar-refractivity contribution >= 4 is 17.7 Å². The van der Waals surface area contributed by atoms with E-state index in [9.17, 15) is 14.4 Å². The van der Waals surface area contributed by atoms with Crippen LogP contribution in [0, 0.1) is 0 Å². The Morgan fingerprint density at radius 3 is 2.50 bits per heavy atom. The minimum atomic E-state index is -0.663. The molecule has 0 aromatic heterocycles. The smallest absolute Gasteiger partial charge is 0.267 e. The van der Waals surface area contributed by atoms with Crippen LogP contribution in [0.1, 0.15) is 0 Å². The molecule has 0 spiro atoms. The van der Waals surface area contributed by atoms with Crippen LogP contribution < -0.4 is 14.8 Å². The van der Waals surface area contributed by atoms with Crippen LogP contribution in [-0.4, -0.2) is 97.5 Å². The zero-order chi connectivity index (χ0) is 19.5. The van der Waals surface area contributed by atoms with Gasteiger partial charge in [0.05, 0.1) is 13.1 Å². The number of benzene rings is 1. The van der Waals surface area contributed by atoms with Gasteiger partial charge in [-0.3, -0.25) is 19.3 Å². The molecule has 9 nitrogen and oxygen atoms in total. The van der Waals surface area contributed by atoms with E-state index >= 15 is 0 Å². The van der Waals surface area contributed by atoms with E-state index in [1.165, 1.54) is 0 Å². The van der Waals surface area contributed by atoms with Crippen molar-refractivity contribution in [1.29, 1.82) is 0 Å².